The maximum absolute atomic E-state index is 5.26. The molecular formula is C28H42N4. The molecule has 0 bridgehead atoms. The second-order valence-electron chi connectivity index (χ2n) is 10.9. The van der Waals surface area contributed by atoms with Gasteiger partial charge in [-0.1, -0.05) is 32.9 Å². The van der Waals surface area contributed by atoms with Crippen molar-refractivity contribution in [2.45, 2.75) is 83.2 Å². The first-order valence-electron chi connectivity index (χ1n) is 12.6. The summed E-state index contributed by atoms with van der Waals surface area (Å²) in [4.78, 5) is 15.2. The summed E-state index contributed by atoms with van der Waals surface area (Å²) < 4.78 is 0. The molecule has 0 aliphatic heterocycles. The molecule has 0 saturated heterocycles. The van der Waals surface area contributed by atoms with Crippen LogP contribution in [0.15, 0.2) is 24.3 Å². The van der Waals surface area contributed by atoms with Gasteiger partial charge in [-0.05, 0) is 108 Å². The SMILES string of the molecule is CC(C)c1ccc2c(n1)[C@H](N(C)C)C(CC(C)c1ccc3c(n1)[C@@H](N(C)C)CCC3)CC2. The quantitative estimate of drug-likeness (QED) is 0.567. The Morgan fingerprint density at radius 3 is 2.12 bits per heavy atom. The molecule has 0 spiro atoms. The van der Waals surface area contributed by atoms with Gasteiger partial charge in [-0.2, -0.15) is 0 Å². The second kappa shape index (κ2) is 9.61. The van der Waals surface area contributed by atoms with Crippen LogP contribution in [-0.4, -0.2) is 48.0 Å². The van der Waals surface area contributed by atoms with Crippen molar-refractivity contribution >= 4 is 0 Å². The molecule has 4 rings (SSSR count). The number of pyridine rings is 2. The van der Waals surface area contributed by atoms with Gasteiger partial charge >= 0.3 is 0 Å². The number of aryl methyl sites for hydroxylation is 2. The maximum atomic E-state index is 5.26. The number of hydrogen-bond donors (Lipinski definition) is 0. The van der Waals surface area contributed by atoms with Crippen LogP contribution in [0.5, 0.6) is 0 Å². The first kappa shape index (κ1) is 23.4. The number of nitrogens with zero attached hydrogens (tertiary/aromatic N) is 4. The molecule has 174 valence electrons. The number of hydrogen-bond acceptors (Lipinski definition) is 4. The molecule has 0 N–H and O–H groups in total. The summed E-state index contributed by atoms with van der Waals surface area (Å²) in [5.74, 6) is 1.52. The van der Waals surface area contributed by atoms with Crippen LogP contribution in [0.25, 0.3) is 0 Å². The highest BCUT2D eigenvalue weighted by atomic mass is 15.1. The molecule has 0 fully saturated rings. The smallest absolute Gasteiger partial charge is 0.0613 e. The average molecular weight is 435 g/mol. The van der Waals surface area contributed by atoms with Crippen LogP contribution in [0.1, 0.15) is 104 Å². The Morgan fingerprint density at radius 1 is 0.812 bits per heavy atom. The number of rotatable bonds is 6. The fraction of sp³-hybridized carbons (Fsp3) is 0.643. The summed E-state index contributed by atoms with van der Waals surface area (Å²) in [6.45, 7) is 6.86. The normalized spacial score (nSPS) is 24.0. The Morgan fingerprint density at radius 2 is 1.47 bits per heavy atom. The van der Waals surface area contributed by atoms with Crippen molar-refractivity contribution in [3.05, 3.63) is 58.2 Å². The Kier molecular flexibility index (Phi) is 7.02. The fourth-order valence-electron chi connectivity index (χ4n) is 5.94. The monoisotopic (exact) mass is 434 g/mol. The Balaban J connectivity index is 1.58. The molecule has 2 heterocycles. The van der Waals surface area contributed by atoms with Crippen molar-refractivity contribution in [1.29, 1.82) is 0 Å². The van der Waals surface area contributed by atoms with E-state index in [1.807, 2.05) is 0 Å². The number of aromatic nitrogens is 2. The van der Waals surface area contributed by atoms with E-state index in [-0.39, 0.29) is 0 Å². The number of fused-ring (bicyclic) bond motifs is 2. The highest BCUT2D eigenvalue weighted by molar-refractivity contribution is 5.31. The van der Waals surface area contributed by atoms with E-state index in [2.05, 4.69) is 83.0 Å². The molecule has 2 aliphatic carbocycles. The summed E-state index contributed by atoms with van der Waals surface area (Å²) in [6, 6.07) is 10.1. The van der Waals surface area contributed by atoms with Crippen LogP contribution in [0.2, 0.25) is 0 Å². The minimum Gasteiger partial charge on any atom is -0.301 e. The molecule has 0 amide bonds. The van der Waals surface area contributed by atoms with Crippen molar-refractivity contribution in [3.63, 3.8) is 0 Å². The van der Waals surface area contributed by atoms with E-state index in [1.165, 1.54) is 59.6 Å². The largest absolute Gasteiger partial charge is 0.301 e. The van der Waals surface area contributed by atoms with E-state index in [9.17, 15) is 0 Å². The van der Waals surface area contributed by atoms with Gasteiger partial charge in [0.15, 0.2) is 0 Å². The minimum absolute atomic E-state index is 0.382. The standard InChI is InChI=1S/C28H42N4/c1-18(2)23-15-13-21-11-12-22(28(32(6)7)27(21)29-23)17-19(3)24-16-14-20-9-8-10-25(31(4)5)26(20)30-24/h13-16,18-19,22,25,28H,8-12,17H2,1-7H3/t19?,22?,25-,28+/m0/s1. The van der Waals surface area contributed by atoms with Crippen LogP contribution in [0, 0.1) is 5.92 Å². The van der Waals surface area contributed by atoms with Gasteiger partial charge in [0.1, 0.15) is 0 Å². The van der Waals surface area contributed by atoms with Gasteiger partial charge in [-0.25, -0.2) is 0 Å². The van der Waals surface area contributed by atoms with Crippen molar-refractivity contribution in [2.75, 3.05) is 28.2 Å². The topological polar surface area (TPSA) is 32.3 Å². The van der Waals surface area contributed by atoms with Gasteiger partial charge in [0.2, 0.25) is 0 Å². The first-order valence-corrected chi connectivity index (χ1v) is 12.6. The predicted molar refractivity (Wildman–Crippen MR) is 133 cm³/mol. The Hall–Kier alpha value is -1.78. The highest BCUT2D eigenvalue weighted by Crippen LogP contribution is 2.42. The summed E-state index contributed by atoms with van der Waals surface area (Å²) in [7, 11) is 8.83. The van der Waals surface area contributed by atoms with E-state index in [0.29, 0.717) is 29.8 Å². The van der Waals surface area contributed by atoms with E-state index in [1.54, 1.807) is 0 Å². The molecule has 2 unspecified atom stereocenters. The van der Waals surface area contributed by atoms with Gasteiger partial charge < -0.3 is 9.80 Å². The van der Waals surface area contributed by atoms with Crippen molar-refractivity contribution in [3.8, 4) is 0 Å². The third-order valence-corrected chi connectivity index (χ3v) is 7.75. The van der Waals surface area contributed by atoms with E-state index >= 15 is 0 Å². The summed E-state index contributed by atoms with van der Waals surface area (Å²) in [5, 5.41) is 0. The molecule has 4 heteroatoms. The summed E-state index contributed by atoms with van der Waals surface area (Å²) in [6.07, 6.45) is 7.19. The Labute approximate surface area is 195 Å². The molecule has 4 nitrogen and oxygen atoms in total. The van der Waals surface area contributed by atoms with Crippen LogP contribution in [0.4, 0.5) is 0 Å². The molecule has 2 aromatic heterocycles. The average Bonchev–Trinajstić information content (AvgIpc) is 2.77. The lowest BCUT2D eigenvalue weighted by molar-refractivity contribution is 0.169. The third-order valence-electron chi connectivity index (χ3n) is 7.75. The lowest BCUT2D eigenvalue weighted by Crippen LogP contribution is -2.34. The minimum atomic E-state index is 0.382. The zero-order valence-electron chi connectivity index (χ0n) is 21.2. The zero-order chi connectivity index (χ0) is 23.0. The van der Waals surface area contributed by atoms with Crippen molar-refractivity contribution < 1.29 is 0 Å². The van der Waals surface area contributed by atoms with E-state index < -0.39 is 0 Å². The molecule has 2 aromatic rings. The highest BCUT2D eigenvalue weighted by Gasteiger charge is 2.34. The lowest BCUT2D eigenvalue weighted by atomic mass is 9.76. The second-order valence-corrected chi connectivity index (χ2v) is 10.9. The van der Waals surface area contributed by atoms with E-state index in [4.69, 9.17) is 9.97 Å². The predicted octanol–water partition coefficient (Wildman–Crippen LogP) is 5.90. The van der Waals surface area contributed by atoms with Crippen LogP contribution in [-0.2, 0) is 12.8 Å². The van der Waals surface area contributed by atoms with E-state index in [0.717, 1.165) is 12.8 Å². The summed E-state index contributed by atoms with van der Waals surface area (Å²) >= 11 is 0. The Bertz CT molecular complexity index is 933. The molecule has 32 heavy (non-hydrogen) atoms. The zero-order valence-corrected chi connectivity index (χ0v) is 21.2. The molecule has 2 aliphatic rings. The van der Waals surface area contributed by atoms with Crippen molar-refractivity contribution in [1.82, 2.24) is 19.8 Å². The van der Waals surface area contributed by atoms with Crippen LogP contribution in [0.3, 0.4) is 0 Å². The molecule has 0 aromatic carbocycles. The van der Waals surface area contributed by atoms with Crippen LogP contribution >= 0.6 is 0 Å². The fourth-order valence-corrected chi connectivity index (χ4v) is 5.94. The van der Waals surface area contributed by atoms with Gasteiger partial charge in [-0.15, -0.1) is 0 Å². The van der Waals surface area contributed by atoms with Gasteiger partial charge in [0.05, 0.1) is 23.5 Å². The molecule has 4 atom stereocenters. The molecular weight excluding hydrogens is 392 g/mol. The van der Waals surface area contributed by atoms with Crippen molar-refractivity contribution in [2.24, 2.45) is 5.92 Å². The lowest BCUT2D eigenvalue weighted by Gasteiger charge is -2.38. The maximum Gasteiger partial charge on any atom is 0.0613 e. The van der Waals surface area contributed by atoms with Gasteiger partial charge in [0, 0.05) is 11.4 Å². The first-order chi connectivity index (χ1) is 15.3. The summed E-state index contributed by atoms with van der Waals surface area (Å²) in [5.41, 5.74) is 8.02. The van der Waals surface area contributed by atoms with Gasteiger partial charge in [0.25, 0.3) is 0 Å². The van der Waals surface area contributed by atoms with Crippen LogP contribution < -0.4 is 0 Å². The van der Waals surface area contributed by atoms with Gasteiger partial charge in [-0.3, -0.25) is 9.97 Å². The molecule has 0 saturated carbocycles. The third kappa shape index (κ3) is 4.63. The molecule has 0 radical (unpaired) electrons.